The first-order chi connectivity index (χ1) is 15.0. The number of pyridine rings is 1. The molecule has 1 N–H and O–H groups in total. The van der Waals surface area contributed by atoms with Crippen LogP contribution in [0.5, 0.6) is 17.2 Å². The first-order valence-corrected chi connectivity index (χ1v) is 9.54. The Bertz CT molecular complexity index is 1240. The Hall–Kier alpha value is -4.07. The van der Waals surface area contributed by atoms with Crippen molar-refractivity contribution in [2.45, 2.75) is 0 Å². The lowest BCUT2D eigenvalue weighted by molar-refractivity contribution is 0.102. The van der Waals surface area contributed by atoms with Crippen molar-refractivity contribution < 1.29 is 19.0 Å². The minimum absolute atomic E-state index is 0.250. The predicted octanol–water partition coefficient (Wildman–Crippen LogP) is 3.91. The summed E-state index contributed by atoms with van der Waals surface area (Å²) < 4.78 is 18.0. The van der Waals surface area contributed by atoms with Gasteiger partial charge in [0.05, 0.1) is 50.0 Å². The van der Waals surface area contributed by atoms with Crippen LogP contribution < -0.4 is 19.5 Å². The van der Waals surface area contributed by atoms with Gasteiger partial charge in [0.2, 0.25) is 5.75 Å². The number of aromatic nitrogens is 3. The van der Waals surface area contributed by atoms with E-state index in [1.165, 1.54) is 0 Å². The Morgan fingerprint density at radius 3 is 2.32 bits per heavy atom. The number of hydrogen-bond acceptors (Lipinski definition) is 6. The van der Waals surface area contributed by atoms with Crippen molar-refractivity contribution >= 4 is 22.5 Å². The van der Waals surface area contributed by atoms with Crippen LogP contribution in [-0.4, -0.2) is 42.0 Å². The molecule has 1 amide bonds. The molecule has 0 saturated carbocycles. The molecule has 8 heteroatoms. The summed E-state index contributed by atoms with van der Waals surface area (Å²) in [6.45, 7) is 0. The van der Waals surface area contributed by atoms with E-state index in [1.807, 2.05) is 24.3 Å². The van der Waals surface area contributed by atoms with Crippen LogP contribution in [0.1, 0.15) is 10.4 Å². The van der Waals surface area contributed by atoms with Crippen molar-refractivity contribution in [2.24, 2.45) is 7.05 Å². The lowest BCUT2D eigenvalue weighted by Gasteiger charge is -2.15. The maximum absolute atomic E-state index is 13.1. The predicted molar refractivity (Wildman–Crippen MR) is 118 cm³/mol. The number of anilines is 1. The molecule has 158 valence electrons. The fourth-order valence-electron chi connectivity index (χ4n) is 3.42. The van der Waals surface area contributed by atoms with E-state index in [0.717, 1.165) is 10.9 Å². The second-order valence-corrected chi connectivity index (χ2v) is 6.84. The number of fused-ring (bicyclic) bond motifs is 1. The third-order valence-electron chi connectivity index (χ3n) is 4.88. The molecule has 0 radical (unpaired) electrons. The SMILES string of the molecule is COc1cc(-c2cc(C(=O)Nc3cnn(C)c3)c3ccccc3n2)cc(OC)c1OC. The van der Waals surface area contributed by atoms with Crippen molar-refractivity contribution in [1.82, 2.24) is 14.8 Å². The summed E-state index contributed by atoms with van der Waals surface area (Å²) in [5, 5.41) is 7.74. The van der Waals surface area contributed by atoms with E-state index in [0.29, 0.717) is 39.7 Å². The van der Waals surface area contributed by atoms with Gasteiger partial charge in [0.25, 0.3) is 5.91 Å². The molecule has 0 saturated heterocycles. The summed E-state index contributed by atoms with van der Waals surface area (Å²) in [6, 6.07) is 12.9. The van der Waals surface area contributed by atoms with Crippen LogP contribution in [0.3, 0.4) is 0 Å². The highest BCUT2D eigenvalue weighted by atomic mass is 16.5. The first-order valence-electron chi connectivity index (χ1n) is 9.54. The Kier molecular flexibility index (Phi) is 5.44. The van der Waals surface area contributed by atoms with E-state index in [-0.39, 0.29) is 5.91 Å². The molecule has 0 fully saturated rings. The maximum Gasteiger partial charge on any atom is 0.256 e. The van der Waals surface area contributed by atoms with E-state index >= 15 is 0 Å². The van der Waals surface area contributed by atoms with Gasteiger partial charge in [-0.2, -0.15) is 5.10 Å². The lowest BCUT2D eigenvalue weighted by Crippen LogP contribution is -2.12. The second-order valence-electron chi connectivity index (χ2n) is 6.84. The standard InChI is InChI=1S/C23H22N4O4/c1-27-13-15(12-24-27)25-23(28)17-11-19(26-18-8-6-5-7-16(17)18)14-9-20(29-2)22(31-4)21(10-14)30-3/h5-13H,1-4H3,(H,25,28). The molecule has 0 aliphatic carbocycles. The minimum atomic E-state index is -0.250. The van der Waals surface area contributed by atoms with Crippen LogP contribution in [0.2, 0.25) is 0 Å². The van der Waals surface area contributed by atoms with Gasteiger partial charge in [-0.15, -0.1) is 0 Å². The molecule has 8 nitrogen and oxygen atoms in total. The molecule has 0 aliphatic heterocycles. The fourth-order valence-corrected chi connectivity index (χ4v) is 3.42. The number of methoxy groups -OCH3 is 3. The molecule has 31 heavy (non-hydrogen) atoms. The summed E-state index contributed by atoms with van der Waals surface area (Å²) in [5.41, 5.74) is 3.15. The Morgan fingerprint density at radius 1 is 1.00 bits per heavy atom. The van der Waals surface area contributed by atoms with Gasteiger partial charge in [-0.25, -0.2) is 4.98 Å². The molecule has 4 rings (SSSR count). The highest BCUT2D eigenvalue weighted by molar-refractivity contribution is 6.13. The lowest BCUT2D eigenvalue weighted by atomic mass is 10.0. The average molecular weight is 418 g/mol. The summed E-state index contributed by atoms with van der Waals surface area (Å²) in [6.07, 6.45) is 3.34. The smallest absolute Gasteiger partial charge is 0.256 e. The maximum atomic E-state index is 13.1. The summed E-state index contributed by atoms with van der Waals surface area (Å²) in [5.74, 6) is 1.26. The molecule has 2 aromatic heterocycles. The molecule has 4 aromatic rings. The highest BCUT2D eigenvalue weighted by Crippen LogP contribution is 2.41. The van der Waals surface area contributed by atoms with Crippen molar-refractivity contribution in [1.29, 1.82) is 0 Å². The van der Waals surface area contributed by atoms with Crippen LogP contribution in [0.4, 0.5) is 5.69 Å². The fraction of sp³-hybridized carbons (Fsp3) is 0.174. The van der Waals surface area contributed by atoms with Crippen LogP contribution in [0.25, 0.3) is 22.2 Å². The molecule has 0 atom stereocenters. The number of carbonyl (C=O) groups is 1. The summed E-state index contributed by atoms with van der Waals surface area (Å²) in [7, 11) is 6.46. The molecule has 0 unspecified atom stereocenters. The second kappa shape index (κ2) is 8.35. The van der Waals surface area contributed by atoms with Gasteiger partial charge in [-0.05, 0) is 24.3 Å². The van der Waals surface area contributed by atoms with Gasteiger partial charge < -0.3 is 19.5 Å². The number of benzene rings is 2. The van der Waals surface area contributed by atoms with Gasteiger partial charge in [-0.1, -0.05) is 18.2 Å². The number of ether oxygens (including phenoxy) is 3. The molecule has 0 spiro atoms. The zero-order valence-corrected chi connectivity index (χ0v) is 17.7. The van der Waals surface area contributed by atoms with Crippen LogP contribution in [0.15, 0.2) is 54.9 Å². The molecule has 0 bridgehead atoms. The quantitative estimate of drug-likeness (QED) is 0.511. The normalized spacial score (nSPS) is 10.7. The molecular formula is C23H22N4O4. The number of aryl methyl sites for hydroxylation is 1. The Labute approximate surface area is 179 Å². The average Bonchev–Trinajstić information content (AvgIpc) is 3.21. The van der Waals surface area contributed by atoms with Crippen molar-refractivity contribution in [2.75, 3.05) is 26.6 Å². The van der Waals surface area contributed by atoms with Gasteiger partial charge >= 0.3 is 0 Å². The van der Waals surface area contributed by atoms with Crippen molar-refractivity contribution in [3.63, 3.8) is 0 Å². The number of nitrogens with one attached hydrogen (secondary N) is 1. The number of hydrogen-bond donors (Lipinski definition) is 1. The largest absolute Gasteiger partial charge is 0.493 e. The first kappa shape index (κ1) is 20.2. The minimum Gasteiger partial charge on any atom is -0.493 e. The van der Waals surface area contributed by atoms with Gasteiger partial charge in [-0.3, -0.25) is 9.48 Å². The van der Waals surface area contributed by atoms with E-state index in [4.69, 9.17) is 19.2 Å². The zero-order valence-electron chi connectivity index (χ0n) is 17.7. The molecular weight excluding hydrogens is 396 g/mol. The van der Waals surface area contributed by atoms with Crippen molar-refractivity contribution in [3.05, 3.63) is 60.4 Å². The topological polar surface area (TPSA) is 87.5 Å². The summed E-state index contributed by atoms with van der Waals surface area (Å²) >= 11 is 0. The molecule has 2 aromatic carbocycles. The van der Waals surface area contributed by atoms with Gasteiger partial charge in [0.1, 0.15) is 0 Å². The summed E-state index contributed by atoms with van der Waals surface area (Å²) in [4.78, 5) is 17.9. The number of nitrogens with zero attached hydrogens (tertiary/aromatic N) is 3. The third-order valence-corrected chi connectivity index (χ3v) is 4.88. The van der Waals surface area contributed by atoms with Crippen LogP contribution >= 0.6 is 0 Å². The number of amides is 1. The number of rotatable bonds is 6. The number of para-hydroxylation sites is 1. The van der Waals surface area contributed by atoms with Crippen LogP contribution in [0, 0.1) is 0 Å². The Morgan fingerprint density at radius 2 is 1.71 bits per heavy atom. The van der Waals surface area contributed by atoms with E-state index in [2.05, 4.69) is 10.4 Å². The third kappa shape index (κ3) is 3.87. The van der Waals surface area contributed by atoms with E-state index in [9.17, 15) is 4.79 Å². The number of carbonyl (C=O) groups excluding carboxylic acids is 1. The zero-order chi connectivity index (χ0) is 22.0. The van der Waals surface area contributed by atoms with Crippen LogP contribution in [-0.2, 0) is 7.05 Å². The van der Waals surface area contributed by atoms with Crippen molar-refractivity contribution in [3.8, 4) is 28.5 Å². The molecule has 0 aliphatic rings. The van der Waals surface area contributed by atoms with E-state index in [1.54, 1.807) is 63.7 Å². The van der Waals surface area contributed by atoms with E-state index < -0.39 is 0 Å². The van der Waals surface area contributed by atoms with Gasteiger partial charge in [0, 0.05) is 24.2 Å². The highest BCUT2D eigenvalue weighted by Gasteiger charge is 2.18. The monoisotopic (exact) mass is 418 g/mol. The van der Waals surface area contributed by atoms with Gasteiger partial charge in [0.15, 0.2) is 11.5 Å². The molecule has 2 heterocycles. The Balaban J connectivity index is 1.86.